The van der Waals surface area contributed by atoms with Gasteiger partial charge in [0, 0.05) is 0 Å². The van der Waals surface area contributed by atoms with E-state index in [0.717, 1.165) is 0 Å². The fourth-order valence-corrected chi connectivity index (χ4v) is 1.64. The van der Waals surface area contributed by atoms with Gasteiger partial charge in [-0.25, -0.2) is 4.68 Å². The summed E-state index contributed by atoms with van der Waals surface area (Å²) < 4.78 is 5.96. The largest absolute Gasteiger partial charge is 0.480 e. The Kier molecular flexibility index (Phi) is 3.10. The van der Waals surface area contributed by atoms with Gasteiger partial charge in [-0.05, 0) is 10.4 Å². The normalized spacial score (nSPS) is 10.5. The summed E-state index contributed by atoms with van der Waals surface area (Å²) in [5.41, 5.74) is 0. The van der Waals surface area contributed by atoms with E-state index in [-0.39, 0.29) is 6.54 Å². The van der Waals surface area contributed by atoms with E-state index in [4.69, 9.17) is 9.63 Å². The van der Waals surface area contributed by atoms with Gasteiger partial charge in [0.2, 0.25) is 11.0 Å². The third kappa shape index (κ3) is 2.53. The van der Waals surface area contributed by atoms with E-state index in [1.165, 1.54) is 22.8 Å². The Balaban J connectivity index is 1.99. The van der Waals surface area contributed by atoms with Crippen molar-refractivity contribution in [3.63, 3.8) is 0 Å². The second-order valence-corrected chi connectivity index (χ2v) is 3.58. The predicted molar refractivity (Wildman–Crippen MR) is 49.3 cm³/mol. The zero-order valence-corrected chi connectivity index (χ0v) is 8.66. The first kappa shape index (κ1) is 10.5. The zero-order valence-electron chi connectivity index (χ0n) is 7.85. The molecule has 2 heterocycles. The van der Waals surface area contributed by atoms with Gasteiger partial charge in [-0.2, -0.15) is 4.98 Å². The van der Waals surface area contributed by atoms with Crippen molar-refractivity contribution in [3.8, 4) is 0 Å². The van der Waals surface area contributed by atoms with Crippen LogP contribution in [0.1, 0.15) is 5.89 Å². The highest BCUT2D eigenvalue weighted by atomic mass is 32.2. The van der Waals surface area contributed by atoms with Crippen molar-refractivity contribution < 1.29 is 14.4 Å². The molecule has 0 fully saturated rings. The van der Waals surface area contributed by atoms with E-state index in [9.17, 15) is 4.79 Å². The highest BCUT2D eigenvalue weighted by Gasteiger charge is 2.11. The molecule has 84 valence electrons. The number of tetrazole rings is 1. The number of hydrogen-bond donors (Lipinski definition) is 1. The molecule has 9 nitrogen and oxygen atoms in total. The van der Waals surface area contributed by atoms with Crippen LogP contribution in [0.25, 0.3) is 0 Å². The highest BCUT2D eigenvalue weighted by Crippen LogP contribution is 2.17. The maximum atomic E-state index is 10.5. The van der Waals surface area contributed by atoms with Crippen molar-refractivity contribution in [1.29, 1.82) is 0 Å². The summed E-state index contributed by atoms with van der Waals surface area (Å²) in [5.74, 6) is -0.193. The molecule has 0 amide bonds. The molecule has 2 aromatic rings. The fraction of sp³-hybridized carbons (Fsp3) is 0.333. The Hall–Kier alpha value is -1.97. The molecule has 10 heteroatoms. The second-order valence-electron chi connectivity index (χ2n) is 2.64. The van der Waals surface area contributed by atoms with Gasteiger partial charge >= 0.3 is 5.97 Å². The number of carboxylic acid groups (broad SMARTS) is 1. The monoisotopic (exact) mass is 242 g/mol. The standard InChI is InChI=1S/C6H6N6O3S/c13-5(14)1-12-6(9-10-11-12)16-2-4-7-3-8-15-4/h3H,1-2H2,(H,13,14). The van der Waals surface area contributed by atoms with Crippen LogP contribution in [-0.4, -0.2) is 41.4 Å². The predicted octanol–water partition coefficient (Wildman–Crippen LogP) is -0.567. The Bertz CT molecular complexity index is 468. The molecule has 16 heavy (non-hydrogen) atoms. The van der Waals surface area contributed by atoms with Crippen molar-refractivity contribution in [2.45, 2.75) is 17.5 Å². The van der Waals surface area contributed by atoms with E-state index in [1.807, 2.05) is 0 Å². The average Bonchev–Trinajstić information content (AvgIpc) is 2.84. The smallest absolute Gasteiger partial charge is 0.325 e. The molecule has 0 spiro atoms. The molecule has 0 aliphatic rings. The number of aromatic nitrogens is 6. The second kappa shape index (κ2) is 4.70. The van der Waals surface area contributed by atoms with Crippen molar-refractivity contribution in [3.05, 3.63) is 12.2 Å². The zero-order chi connectivity index (χ0) is 11.4. The summed E-state index contributed by atoms with van der Waals surface area (Å²) in [6.07, 6.45) is 1.29. The first-order valence-electron chi connectivity index (χ1n) is 4.12. The number of hydrogen-bond acceptors (Lipinski definition) is 8. The third-order valence-corrected chi connectivity index (χ3v) is 2.46. The molecular formula is C6H6N6O3S. The van der Waals surface area contributed by atoms with Crippen LogP contribution in [0.3, 0.4) is 0 Å². The summed E-state index contributed by atoms with van der Waals surface area (Å²) in [4.78, 5) is 14.3. The van der Waals surface area contributed by atoms with Crippen molar-refractivity contribution >= 4 is 17.7 Å². The highest BCUT2D eigenvalue weighted by molar-refractivity contribution is 7.98. The lowest BCUT2D eigenvalue weighted by Crippen LogP contribution is -2.11. The van der Waals surface area contributed by atoms with Crippen LogP contribution < -0.4 is 0 Å². The molecule has 2 rings (SSSR count). The van der Waals surface area contributed by atoms with Crippen LogP contribution in [0.15, 0.2) is 16.0 Å². The number of rotatable bonds is 5. The lowest BCUT2D eigenvalue weighted by atomic mass is 10.7. The minimum absolute atomic E-state index is 0.279. The van der Waals surface area contributed by atoms with Gasteiger partial charge in [-0.15, -0.1) is 5.10 Å². The van der Waals surface area contributed by atoms with Crippen LogP contribution in [0.4, 0.5) is 0 Å². The van der Waals surface area contributed by atoms with Crippen LogP contribution in [-0.2, 0) is 17.1 Å². The van der Waals surface area contributed by atoms with Crippen LogP contribution in [0.2, 0.25) is 0 Å². The van der Waals surface area contributed by atoms with E-state index in [2.05, 4.69) is 25.7 Å². The van der Waals surface area contributed by atoms with Gasteiger partial charge in [0.25, 0.3) is 0 Å². The number of nitrogens with zero attached hydrogens (tertiary/aromatic N) is 6. The van der Waals surface area contributed by atoms with Crippen molar-refractivity contribution in [1.82, 2.24) is 30.3 Å². The van der Waals surface area contributed by atoms with Gasteiger partial charge in [0.1, 0.15) is 6.54 Å². The molecular weight excluding hydrogens is 236 g/mol. The van der Waals surface area contributed by atoms with Crippen molar-refractivity contribution in [2.75, 3.05) is 0 Å². The molecule has 0 saturated heterocycles. The number of carboxylic acids is 1. The summed E-state index contributed by atoms with van der Waals surface area (Å²) in [6.45, 7) is -0.279. The number of thioether (sulfide) groups is 1. The molecule has 0 bridgehead atoms. The topological polar surface area (TPSA) is 120 Å². The number of aliphatic carboxylic acids is 1. The van der Waals surface area contributed by atoms with Gasteiger partial charge in [-0.1, -0.05) is 16.9 Å². The summed E-state index contributed by atoms with van der Waals surface area (Å²) in [7, 11) is 0. The van der Waals surface area contributed by atoms with E-state index in [1.54, 1.807) is 0 Å². The molecule has 0 atom stereocenters. The molecule has 2 aromatic heterocycles. The first-order chi connectivity index (χ1) is 7.75. The molecule has 0 radical (unpaired) electrons. The van der Waals surface area contributed by atoms with Crippen molar-refractivity contribution in [2.24, 2.45) is 0 Å². The van der Waals surface area contributed by atoms with Gasteiger partial charge in [0.05, 0.1) is 5.75 Å². The van der Waals surface area contributed by atoms with Crippen LogP contribution in [0, 0.1) is 0 Å². The molecule has 0 unspecified atom stereocenters. The molecule has 0 aliphatic heterocycles. The van der Waals surface area contributed by atoms with Gasteiger partial charge in [0.15, 0.2) is 6.33 Å². The van der Waals surface area contributed by atoms with E-state index < -0.39 is 5.97 Å². The Morgan fingerprint density at radius 1 is 1.62 bits per heavy atom. The fourth-order valence-electron chi connectivity index (χ4n) is 0.913. The Labute approximate surface area is 92.8 Å². The SMILES string of the molecule is O=C(O)Cn1nnnc1SCc1ncno1. The maximum absolute atomic E-state index is 10.5. The van der Waals surface area contributed by atoms with Crippen LogP contribution in [0.5, 0.6) is 0 Å². The van der Waals surface area contributed by atoms with Gasteiger partial charge in [-0.3, -0.25) is 4.79 Å². The molecule has 0 aliphatic carbocycles. The summed E-state index contributed by atoms with van der Waals surface area (Å²) in [5, 5.41) is 23.0. The average molecular weight is 242 g/mol. The van der Waals surface area contributed by atoms with Gasteiger partial charge < -0.3 is 9.63 Å². The quantitative estimate of drug-likeness (QED) is 0.687. The third-order valence-electron chi connectivity index (χ3n) is 1.52. The minimum Gasteiger partial charge on any atom is -0.480 e. The lowest BCUT2D eigenvalue weighted by molar-refractivity contribution is -0.138. The summed E-state index contributed by atoms with van der Waals surface area (Å²) >= 11 is 1.22. The van der Waals surface area contributed by atoms with E-state index in [0.29, 0.717) is 16.8 Å². The maximum Gasteiger partial charge on any atom is 0.325 e. The molecule has 0 aromatic carbocycles. The lowest BCUT2D eigenvalue weighted by Gasteiger charge is -1.98. The van der Waals surface area contributed by atoms with E-state index >= 15 is 0 Å². The Morgan fingerprint density at radius 2 is 2.50 bits per heavy atom. The van der Waals surface area contributed by atoms with Crippen LogP contribution >= 0.6 is 11.8 Å². The number of carbonyl (C=O) groups is 1. The molecule has 1 N–H and O–H groups in total. The first-order valence-corrected chi connectivity index (χ1v) is 5.10. The molecule has 0 saturated carbocycles. The Morgan fingerprint density at radius 3 is 3.19 bits per heavy atom. The summed E-state index contributed by atoms with van der Waals surface area (Å²) in [6, 6.07) is 0. The minimum atomic E-state index is -1.01.